The van der Waals surface area contributed by atoms with Gasteiger partial charge in [0.15, 0.2) is 0 Å². The smallest absolute Gasteiger partial charge is 0.0468 e. The van der Waals surface area contributed by atoms with Gasteiger partial charge in [0, 0.05) is 37.2 Å². The highest BCUT2D eigenvalue weighted by atomic mass is 32.1. The topological polar surface area (TPSA) is 3.24 Å². The molecule has 0 atom stereocenters. The number of thiophene rings is 1. The van der Waals surface area contributed by atoms with Gasteiger partial charge < -0.3 is 4.90 Å². The first-order valence-electron chi connectivity index (χ1n) is 17.8. The van der Waals surface area contributed by atoms with E-state index in [4.69, 9.17) is 0 Å². The van der Waals surface area contributed by atoms with E-state index in [1.165, 1.54) is 75.1 Å². The molecule has 1 aromatic heterocycles. The molecule has 0 N–H and O–H groups in total. The molecular weight excluding hydrogens is 647 g/mol. The molecular formula is C50H33NS. The van der Waals surface area contributed by atoms with Crippen molar-refractivity contribution < 1.29 is 0 Å². The van der Waals surface area contributed by atoms with E-state index in [1.807, 2.05) is 11.3 Å². The van der Waals surface area contributed by atoms with Crippen molar-refractivity contribution in [1.29, 1.82) is 0 Å². The molecule has 1 heterocycles. The molecule has 52 heavy (non-hydrogen) atoms. The number of anilines is 3. The van der Waals surface area contributed by atoms with Crippen LogP contribution in [0.4, 0.5) is 17.1 Å². The van der Waals surface area contributed by atoms with Gasteiger partial charge in [0.2, 0.25) is 0 Å². The van der Waals surface area contributed by atoms with Crippen molar-refractivity contribution in [2.45, 2.75) is 0 Å². The van der Waals surface area contributed by atoms with E-state index in [2.05, 4.69) is 205 Å². The first kappa shape index (κ1) is 30.4. The lowest BCUT2D eigenvalue weighted by Crippen LogP contribution is -2.09. The van der Waals surface area contributed by atoms with E-state index in [1.54, 1.807) is 0 Å². The molecule has 0 aliphatic rings. The zero-order valence-electron chi connectivity index (χ0n) is 28.4. The summed E-state index contributed by atoms with van der Waals surface area (Å²) in [7, 11) is 0. The third kappa shape index (κ3) is 5.33. The molecule has 0 amide bonds. The predicted octanol–water partition coefficient (Wildman–Crippen LogP) is 14.8. The fraction of sp³-hybridized carbons (Fsp3) is 0. The van der Waals surface area contributed by atoms with Gasteiger partial charge in [0.1, 0.15) is 0 Å². The van der Waals surface area contributed by atoms with Crippen LogP contribution in [0.5, 0.6) is 0 Å². The van der Waals surface area contributed by atoms with Gasteiger partial charge in [0.25, 0.3) is 0 Å². The van der Waals surface area contributed by atoms with Gasteiger partial charge in [-0.2, -0.15) is 0 Å². The van der Waals surface area contributed by atoms with E-state index >= 15 is 0 Å². The molecule has 10 rings (SSSR count). The summed E-state index contributed by atoms with van der Waals surface area (Å²) in [6.45, 7) is 0. The summed E-state index contributed by atoms with van der Waals surface area (Å²) in [6.07, 6.45) is 0. The number of rotatable bonds is 6. The molecule has 0 radical (unpaired) electrons. The molecule has 2 heteroatoms. The molecule has 0 aliphatic carbocycles. The average Bonchev–Trinajstić information content (AvgIpc) is 3.60. The van der Waals surface area contributed by atoms with Gasteiger partial charge in [0.05, 0.1) is 0 Å². The third-order valence-electron chi connectivity index (χ3n) is 10.3. The van der Waals surface area contributed by atoms with Gasteiger partial charge in [-0.05, 0) is 110 Å². The number of hydrogen-bond donors (Lipinski definition) is 0. The molecule has 0 aliphatic heterocycles. The number of fused-ring (bicyclic) bond motifs is 6. The summed E-state index contributed by atoms with van der Waals surface area (Å²) in [5.74, 6) is 0. The van der Waals surface area contributed by atoms with Crippen LogP contribution in [0.3, 0.4) is 0 Å². The van der Waals surface area contributed by atoms with E-state index in [0.29, 0.717) is 0 Å². The fourth-order valence-corrected chi connectivity index (χ4v) is 8.80. The second-order valence-electron chi connectivity index (χ2n) is 13.3. The minimum Gasteiger partial charge on any atom is -0.310 e. The second-order valence-corrected chi connectivity index (χ2v) is 14.4. The van der Waals surface area contributed by atoms with Crippen LogP contribution in [0.15, 0.2) is 200 Å². The maximum absolute atomic E-state index is 2.39. The van der Waals surface area contributed by atoms with Crippen LogP contribution in [0.25, 0.3) is 75.1 Å². The standard InChI is InChI=1S/C50H33NS/c1-3-10-34(11-4-1)36-20-25-41(26-21-36)51(42-27-22-37(23-28-42)35-12-5-2-6-13-35)43-29-31-48-47(33-43)50-46(16-9-17-49(50)52-48)40-24-30-45-39(32-40)19-18-38-14-7-8-15-44(38)45/h1-33H. The Labute approximate surface area is 307 Å². The van der Waals surface area contributed by atoms with Crippen molar-refractivity contribution in [3.8, 4) is 33.4 Å². The summed E-state index contributed by atoms with van der Waals surface area (Å²) < 4.78 is 2.59. The predicted molar refractivity (Wildman–Crippen MR) is 225 cm³/mol. The Hall–Kier alpha value is -6.48. The van der Waals surface area contributed by atoms with E-state index < -0.39 is 0 Å². The fourth-order valence-electron chi connectivity index (χ4n) is 7.69. The van der Waals surface area contributed by atoms with Crippen molar-refractivity contribution in [1.82, 2.24) is 0 Å². The minimum atomic E-state index is 1.12. The van der Waals surface area contributed by atoms with Gasteiger partial charge in [-0.3, -0.25) is 0 Å². The zero-order valence-corrected chi connectivity index (χ0v) is 29.2. The Morgan fingerprint density at radius 2 is 0.865 bits per heavy atom. The summed E-state index contributed by atoms with van der Waals surface area (Å²) in [6, 6.07) is 72.9. The van der Waals surface area contributed by atoms with Crippen LogP contribution >= 0.6 is 11.3 Å². The molecule has 0 unspecified atom stereocenters. The summed E-state index contributed by atoms with van der Waals surface area (Å²) in [4.78, 5) is 2.39. The van der Waals surface area contributed by atoms with Gasteiger partial charge >= 0.3 is 0 Å². The van der Waals surface area contributed by atoms with E-state index in [9.17, 15) is 0 Å². The van der Waals surface area contributed by atoms with Crippen LogP contribution in [0.2, 0.25) is 0 Å². The summed E-state index contributed by atoms with van der Waals surface area (Å²) in [5.41, 5.74) is 10.7. The Kier molecular flexibility index (Phi) is 7.41. The van der Waals surface area contributed by atoms with Crippen molar-refractivity contribution in [2.75, 3.05) is 4.90 Å². The Balaban J connectivity index is 1.12. The molecule has 9 aromatic carbocycles. The Morgan fingerprint density at radius 3 is 1.56 bits per heavy atom. The monoisotopic (exact) mass is 679 g/mol. The third-order valence-corrected chi connectivity index (χ3v) is 11.4. The highest BCUT2D eigenvalue weighted by Crippen LogP contribution is 2.44. The molecule has 0 spiro atoms. The molecule has 0 saturated heterocycles. The number of nitrogens with zero attached hydrogens (tertiary/aromatic N) is 1. The lowest BCUT2D eigenvalue weighted by molar-refractivity contribution is 1.29. The lowest BCUT2D eigenvalue weighted by Gasteiger charge is -2.26. The zero-order chi connectivity index (χ0) is 34.4. The summed E-state index contributed by atoms with van der Waals surface area (Å²) in [5, 5.41) is 7.71. The van der Waals surface area contributed by atoms with Crippen LogP contribution in [0.1, 0.15) is 0 Å². The van der Waals surface area contributed by atoms with Crippen molar-refractivity contribution >= 4 is 70.1 Å². The van der Waals surface area contributed by atoms with Crippen LogP contribution in [-0.4, -0.2) is 0 Å². The Morgan fingerprint density at radius 1 is 0.308 bits per heavy atom. The summed E-state index contributed by atoms with van der Waals surface area (Å²) >= 11 is 1.87. The normalized spacial score (nSPS) is 11.5. The molecule has 0 saturated carbocycles. The molecule has 0 fully saturated rings. The van der Waals surface area contributed by atoms with Crippen molar-refractivity contribution in [2.24, 2.45) is 0 Å². The SMILES string of the molecule is c1ccc(-c2ccc(N(c3ccc(-c4ccccc4)cc3)c3ccc4sc5cccc(-c6ccc7c(ccc8ccccc87)c6)c5c4c3)cc2)cc1. The highest BCUT2D eigenvalue weighted by molar-refractivity contribution is 7.26. The maximum atomic E-state index is 2.39. The van der Waals surface area contributed by atoms with Crippen LogP contribution in [-0.2, 0) is 0 Å². The lowest BCUT2D eigenvalue weighted by atomic mass is 9.95. The van der Waals surface area contributed by atoms with E-state index in [-0.39, 0.29) is 0 Å². The quantitative estimate of drug-likeness (QED) is 0.158. The van der Waals surface area contributed by atoms with Crippen LogP contribution < -0.4 is 4.90 Å². The van der Waals surface area contributed by atoms with Gasteiger partial charge in [-0.15, -0.1) is 11.3 Å². The first-order chi connectivity index (χ1) is 25.8. The second kappa shape index (κ2) is 12.7. The van der Waals surface area contributed by atoms with Gasteiger partial charge in [-0.25, -0.2) is 0 Å². The average molecular weight is 680 g/mol. The Bertz CT molecular complexity index is 2790. The number of benzene rings is 9. The van der Waals surface area contributed by atoms with Gasteiger partial charge in [-0.1, -0.05) is 146 Å². The van der Waals surface area contributed by atoms with Crippen LogP contribution in [0, 0.1) is 0 Å². The van der Waals surface area contributed by atoms with Crippen molar-refractivity contribution in [3.05, 3.63) is 200 Å². The minimum absolute atomic E-state index is 1.12. The molecule has 10 aromatic rings. The highest BCUT2D eigenvalue weighted by Gasteiger charge is 2.17. The number of hydrogen-bond acceptors (Lipinski definition) is 2. The van der Waals surface area contributed by atoms with E-state index in [0.717, 1.165) is 17.1 Å². The molecule has 1 nitrogen and oxygen atoms in total. The maximum Gasteiger partial charge on any atom is 0.0468 e. The molecule has 244 valence electrons. The van der Waals surface area contributed by atoms with Crippen molar-refractivity contribution in [3.63, 3.8) is 0 Å². The molecule has 0 bridgehead atoms. The first-order valence-corrected chi connectivity index (χ1v) is 18.6. The largest absolute Gasteiger partial charge is 0.310 e.